The van der Waals surface area contributed by atoms with Crippen molar-refractivity contribution >= 4 is 23.2 Å². The zero-order valence-electron chi connectivity index (χ0n) is 7.65. The van der Waals surface area contributed by atoms with Crippen LogP contribution < -0.4 is 4.74 Å². The quantitative estimate of drug-likeness (QED) is 0.785. The average Bonchev–Trinajstić information content (AvgIpc) is 2.25. The van der Waals surface area contributed by atoms with Crippen LogP contribution in [-0.4, -0.2) is 4.98 Å². The molecule has 1 heterocycles. The van der Waals surface area contributed by atoms with Crippen molar-refractivity contribution in [3.63, 3.8) is 0 Å². The molecule has 15 heavy (non-hydrogen) atoms. The topological polar surface area (TPSA) is 22.1 Å². The molecule has 1 aromatic carbocycles. The van der Waals surface area contributed by atoms with E-state index < -0.39 is 0 Å². The number of hydrogen-bond donors (Lipinski definition) is 0. The normalized spacial score (nSPS) is 10.0. The zero-order valence-corrected chi connectivity index (χ0v) is 9.16. The van der Waals surface area contributed by atoms with Gasteiger partial charge in [0.1, 0.15) is 10.8 Å². The number of rotatable bonds is 2. The molecule has 0 saturated carbocycles. The van der Waals surface area contributed by atoms with Gasteiger partial charge in [-0.15, -0.1) is 0 Å². The van der Waals surface area contributed by atoms with E-state index in [1.165, 1.54) is 0 Å². The first kappa shape index (κ1) is 10.3. The van der Waals surface area contributed by atoms with Crippen LogP contribution in [0.1, 0.15) is 0 Å². The molecule has 2 rings (SSSR count). The van der Waals surface area contributed by atoms with Crippen LogP contribution in [0.4, 0.5) is 0 Å². The Kier molecular flexibility index (Phi) is 3.09. The van der Waals surface area contributed by atoms with Crippen LogP contribution in [0.15, 0.2) is 42.6 Å². The highest BCUT2D eigenvalue weighted by molar-refractivity contribution is 6.31. The minimum atomic E-state index is 0.390. The van der Waals surface area contributed by atoms with Gasteiger partial charge in [-0.3, -0.25) is 0 Å². The molecule has 0 saturated heterocycles. The maximum atomic E-state index is 5.89. The molecule has 0 aliphatic rings. The summed E-state index contributed by atoms with van der Waals surface area (Å²) >= 11 is 11.6. The third-order valence-corrected chi connectivity index (χ3v) is 2.29. The van der Waals surface area contributed by atoms with Gasteiger partial charge in [0.15, 0.2) is 0 Å². The van der Waals surface area contributed by atoms with Crippen LogP contribution in [-0.2, 0) is 0 Å². The number of hydrogen-bond acceptors (Lipinski definition) is 2. The predicted octanol–water partition coefficient (Wildman–Crippen LogP) is 4.18. The number of halogens is 2. The second-order valence-corrected chi connectivity index (χ2v) is 3.69. The van der Waals surface area contributed by atoms with E-state index in [0.29, 0.717) is 21.7 Å². The Bertz CT molecular complexity index is 456. The molecule has 4 heteroatoms. The van der Waals surface area contributed by atoms with Gasteiger partial charge in [0.2, 0.25) is 5.88 Å². The third-order valence-electron chi connectivity index (χ3n) is 1.75. The monoisotopic (exact) mass is 239 g/mol. The lowest BCUT2D eigenvalue weighted by atomic mass is 10.3. The van der Waals surface area contributed by atoms with Gasteiger partial charge >= 0.3 is 0 Å². The molecule has 0 N–H and O–H groups in total. The Hall–Kier alpha value is -1.25. The molecule has 2 nitrogen and oxygen atoms in total. The van der Waals surface area contributed by atoms with Gasteiger partial charge in [-0.1, -0.05) is 23.2 Å². The summed E-state index contributed by atoms with van der Waals surface area (Å²) in [5.74, 6) is 1.04. The molecule has 0 aliphatic heterocycles. The van der Waals surface area contributed by atoms with Crippen molar-refractivity contribution < 1.29 is 4.74 Å². The summed E-state index contributed by atoms with van der Waals surface area (Å²) in [6.45, 7) is 0. The van der Waals surface area contributed by atoms with E-state index >= 15 is 0 Å². The largest absolute Gasteiger partial charge is 0.438 e. The van der Waals surface area contributed by atoms with Crippen LogP contribution in [0.5, 0.6) is 11.6 Å². The van der Waals surface area contributed by atoms with E-state index in [-0.39, 0.29) is 0 Å². The molecule has 0 aliphatic carbocycles. The Morgan fingerprint density at radius 2 is 1.73 bits per heavy atom. The molecule has 0 amide bonds. The van der Waals surface area contributed by atoms with Gasteiger partial charge in [-0.25, -0.2) is 4.98 Å². The summed E-state index contributed by atoms with van der Waals surface area (Å²) in [5.41, 5.74) is 0. The van der Waals surface area contributed by atoms with E-state index in [9.17, 15) is 0 Å². The number of aromatic nitrogens is 1. The van der Waals surface area contributed by atoms with Crippen molar-refractivity contribution in [2.45, 2.75) is 0 Å². The fraction of sp³-hybridized carbons (Fsp3) is 0. The van der Waals surface area contributed by atoms with Crippen molar-refractivity contribution in [1.29, 1.82) is 0 Å². The molecule has 0 spiro atoms. The number of pyridine rings is 1. The summed E-state index contributed by atoms with van der Waals surface area (Å²) in [4.78, 5) is 4.01. The summed E-state index contributed by atoms with van der Waals surface area (Å²) < 4.78 is 5.46. The minimum Gasteiger partial charge on any atom is -0.438 e. The lowest BCUT2D eigenvalue weighted by Crippen LogP contribution is -1.87. The Morgan fingerprint density at radius 3 is 2.40 bits per heavy atom. The van der Waals surface area contributed by atoms with Crippen molar-refractivity contribution in [2.24, 2.45) is 0 Å². The number of nitrogens with zero attached hydrogens (tertiary/aromatic N) is 1. The summed E-state index contributed by atoms with van der Waals surface area (Å²) in [5, 5.41) is 1.14. The first-order chi connectivity index (χ1) is 7.25. The van der Waals surface area contributed by atoms with Crippen LogP contribution >= 0.6 is 23.2 Å². The predicted molar refractivity (Wildman–Crippen MR) is 60.8 cm³/mol. The lowest BCUT2D eigenvalue weighted by Gasteiger charge is -2.05. The van der Waals surface area contributed by atoms with Crippen LogP contribution in [0.3, 0.4) is 0 Å². The SMILES string of the molecule is Clc1ccc(Oc2ncccc2Cl)cc1. The van der Waals surface area contributed by atoms with Crippen molar-refractivity contribution in [2.75, 3.05) is 0 Å². The highest BCUT2D eigenvalue weighted by Gasteiger charge is 2.02. The van der Waals surface area contributed by atoms with Gasteiger partial charge < -0.3 is 4.74 Å². The van der Waals surface area contributed by atoms with Gasteiger partial charge in [-0.05, 0) is 36.4 Å². The Balaban J connectivity index is 2.22. The van der Waals surface area contributed by atoms with Gasteiger partial charge in [0.25, 0.3) is 0 Å². The maximum absolute atomic E-state index is 5.89. The van der Waals surface area contributed by atoms with Crippen molar-refractivity contribution in [3.8, 4) is 11.6 Å². The smallest absolute Gasteiger partial charge is 0.238 e. The third kappa shape index (κ3) is 2.61. The molecule has 0 unspecified atom stereocenters. The van der Waals surface area contributed by atoms with E-state index in [1.54, 1.807) is 42.6 Å². The van der Waals surface area contributed by atoms with E-state index in [0.717, 1.165) is 0 Å². The molecule has 2 aromatic rings. The van der Waals surface area contributed by atoms with E-state index in [1.807, 2.05) is 0 Å². The highest BCUT2D eigenvalue weighted by Crippen LogP contribution is 2.26. The Labute approximate surface area is 97.4 Å². The standard InChI is InChI=1S/C11H7Cl2NO/c12-8-3-5-9(6-4-8)15-11-10(13)2-1-7-14-11/h1-7H. The minimum absolute atomic E-state index is 0.390. The Morgan fingerprint density at radius 1 is 1.00 bits per heavy atom. The highest BCUT2D eigenvalue weighted by atomic mass is 35.5. The average molecular weight is 240 g/mol. The summed E-state index contributed by atoms with van der Waals surface area (Å²) in [6, 6.07) is 10.5. The fourth-order valence-corrected chi connectivity index (χ4v) is 1.35. The van der Waals surface area contributed by atoms with Crippen molar-refractivity contribution in [1.82, 2.24) is 4.98 Å². The summed E-state index contributed by atoms with van der Waals surface area (Å²) in [6.07, 6.45) is 1.62. The van der Waals surface area contributed by atoms with E-state index in [4.69, 9.17) is 27.9 Å². The molecule has 76 valence electrons. The number of benzene rings is 1. The molecule has 1 aromatic heterocycles. The second-order valence-electron chi connectivity index (χ2n) is 2.85. The lowest BCUT2D eigenvalue weighted by molar-refractivity contribution is 0.463. The van der Waals surface area contributed by atoms with Gasteiger partial charge in [0, 0.05) is 11.2 Å². The van der Waals surface area contributed by atoms with Gasteiger partial charge in [-0.2, -0.15) is 0 Å². The molecule has 0 radical (unpaired) electrons. The first-order valence-corrected chi connectivity index (χ1v) is 5.05. The molecular weight excluding hydrogens is 233 g/mol. The van der Waals surface area contributed by atoms with Crippen LogP contribution in [0, 0.1) is 0 Å². The summed E-state index contributed by atoms with van der Waals surface area (Å²) in [7, 11) is 0. The fourth-order valence-electron chi connectivity index (χ4n) is 1.06. The van der Waals surface area contributed by atoms with E-state index in [2.05, 4.69) is 4.98 Å². The van der Waals surface area contributed by atoms with Crippen molar-refractivity contribution in [3.05, 3.63) is 52.6 Å². The zero-order chi connectivity index (χ0) is 10.7. The number of ether oxygens (including phenoxy) is 1. The first-order valence-electron chi connectivity index (χ1n) is 4.29. The molecule has 0 fully saturated rings. The van der Waals surface area contributed by atoms with Crippen LogP contribution in [0.2, 0.25) is 10.0 Å². The molecule has 0 bridgehead atoms. The van der Waals surface area contributed by atoms with Crippen LogP contribution in [0.25, 0.3) is 0 Å². The molecule has 0 atom stereocenters. The second kappa shape index (κ2) is 4.51. The van der Waals surface area contributed by atoms with Gasteiger partial charge in [0.05, 0.1) is 0 Å². The maximum Gasteiger partial charge on any atom is 0.238 e. The molecular formula is C11H7Cl2NO.